The Morgan fingerprint density at radius 3 is 2.69 bits per heavy atom. The van der Waals surface area contributed by atoms with Crippen molar-refractivity contribution in [3.05, 3.63) is 60.3 Å². The molecule has 132 valence electrons. The normalized spacial score (nSPS) is 17.3. The number of imide groups is 1. The minimum atomic E-state index is -0.452. The molecule has 1 aliphatic rings. The summed E-state index contributed by atoms with van der Waals surface area (Å²) in [4.78, 5) is 27.0. The third-order valence-electron chi connectivity index (χ3n) is 4.99. The fourth-order valence-electron chi connectivity index (χ4n) is 3.71. The molecular weight excluding hydrogens is 328 g/mol. The number of ether oxygens (including phenoxy) is 1. The van der Waals surface area contributed by atoms with Crippen molar-refractivity contribution in [1.82, 2.24) is 4.57 Å². The van der Waals surface area contributed by atoms with Crippen molar-refractivity contribution in [1.29, 1.82) is 0 Å². The number of aromatic nitrogens is 1. The maximum absolute atomic E-state index is 13.1. The van der Waals surface area contributed by atoms with Crippen LogP contribution < -0.4 is 9.64 Å². The summed E-state index contributed by atoms with van der Waals surface area (Å²) in [5, 5.41) is 1.04. The second-order valence-electron chi connectivity index (χ2n) is 6.41. The number of anilines is 1. The van der Waals surface area contributed by atoms with E-state index in [0.29, 0.717) is 11.4 Å². The van der Waals surface area contributed by atoms with E-state index in [9.17, 15) is 9.59 Å². The second kappa shape index (κ2) is 6.33. The molecule has 2 aromatic carbocycles. The highest BCUT2D eigenvalue weighted by Crippen LogP contribution is 2.38. The van der Waals surface area contributed by atoms with Gasteiger partial charge in [-0.1, -0.05) is 24.3 Å². The van der Waals surface area contributed by atoms with E-state index >= 15 is 0 Å². The van der Waals surface area contributed by atoms with Crippen molar-refractivity contribution < 1.29 is 14.3 Å². The van der Waals surface area contributed by atoms with Gasteiger partial charge in [0, 0.05) is 36.1 Å². The molecule has 26 heavy (non-hydrogen) atoms. The van der Waals surface area contributed by atoms with Crippen LogP contribution in [0.5, 0.6) is 5.75 Å². The van der Waals surface area contributed by atoms with Crippen LogP contribution in [0.1, 0.15) is 24.8 Å². The SMILES string of the molecule is CCn1cc(C2CC(=O)N(c3cccc(OC)c3)C2=O)c2ccccc21. The van der Waals surface area contributed by atoms with Crippen molar-refractivity contribution in [2.24, 2.45) is 0 Å². The Labute approximate surface area is 151 Å². The van der Waals surface area contributed by atoms with E-state index in [4.69, 9.17) is 4.74 Å². The number of rotatable bonds is 4. The zero-order valence-corrected chi connectivity index (χ0v) is 14.8. The lowest BCUT2D eigenvalue weighted by molar-refractivity contribution is -0.121. The molecule has 0 saturated carbocycles. The van der Waals surface area contributed by atoms with Crippen molar-refractivity contribution in [2.45, 2.75) is 25.8 Å². The Morgan fingerprint density at radius 1 is 1.12 bits per heavy atom. The van der Waals surface area contributed by atoms with Gasteiger partial charge >= 0.3 is 0 Å². The lowest BCUT2D eigenvalue weighted by Gasteiger charge is -2.15. The highest BCUT2D eigenvalue weighted by Gasteiger charge is 2.41. The Kier molecular flexibility index (Phi) is 3.99. The molecule has 1 aromatic heterocycles. The third kappa shape index (κ3) is 2.47. The van der Waals surface area contributed by atoms with Gasteiger partial charge in [-0.3, -0.25) is 9.59 Å². The minimum absolute atomic E-state index is 0.178. The highest BCUT2D eigenvalue weighted by atomic mass is 16.5. The van der Waals surface area contributed by atoms with Crippen LogP contribution in [-0.4, -0.2) is 23.5 Å². The number of carbonyl (C=O) groups excluding carboxylic acids is 2. The van der Waals surface area contributed by atoms with Crippen LogP contribution in [0.4, 0.5) is 5.69 Å². The van der Waals surface area contributed by atoms with Crippen molar-refractivity contribution in [3.63, 3.8) is 0 Å². The van der Waals surface area contributed by atoms with E-state index in [-0.39, 0.29) is 18.2 Å². The predicted molar refractivity (Wildman–Crippen MR) is 100 cm³/mol. The summed E-state index contributed by atoms with van der Waals surface area (Å²) in [6, 6.07) is 15.1. The first-order chi connectivity index (χ1) is 12.6. The first kappa shape index (κ1) is 16.4. The Bertz CT molecular complexity index is 1010. The second-order valence-corrected chi connectivity index (χ2v) is 6.41. The molecule has 0 bridgehead atoms. The summed E-state index contributed by atoms with van der Waals surface area (Å²) in [7, 11) is 1.56. The number of hydrogen-bond acceptors (Lipinski definition) is 3. The van der Waals surface area contributed by atoms with Crippen LogP contribution in [-0.2, 0) is 16.1 Å². The largest absolute Gasteiger partial charge is 0.497 e. The molecule has 4 rings (SSSR count). The molecule has 0 radical (unpaired) electrons. The molecule has 1 atom stereocenters. The lowest BCUT2D eigenvalue weighted by Crippen LogP contribution is -2.30. The van der Waals surface area contributed by atoms with E-state index < -0.39 is 5.92 Å². The molecule has 2 amide bonds. The van der Waals surface area contributed by atoms with Crippen LogP contribution in [0.2, 0.25) is 0 Å². The molecule has 0 aliphatic carbocycles. The molecule has 5 nitrogen and oxygen atoms in total. The van der Waals surface area contributed by atoms with Gasteiger partial charge in [-0.25, -0.2) is 4.90 Å². The monoisotopic (exact) mass is 348 g/mol. The smallest absolute Gasteiger partial charge is 0.241 e. The van der Waals surface area contributed by atoms with Gasteiger partial charge < -0.3 is 9.30 Å². The summed E-state index contributed by atoms with van der Waals surface area (Å²) in [5.41, 5.74) is 2.57. The molecule has 1 saturated heterocycles. The number of carbonyl (C=O) groups is 2. The minimum Gasteiger partial charge on any atom is -0.497 e. The van der Waals surface area contributed by atoms with E-state index in [1.54, 1.807) is 31.4 Å². The lowest BCUT2D eigenvalue weighted by atomic mass is 9.97. The number of hydrogen-bond donors (Lipinski definition) is 0. The summed E-state index contributed by atoms with van der Waals surface area (Å²) >= 11 is 0. The van der Waals surface area contributed by atoms with E-state index in [1.807, 2.05) is 30.5 Å². The third-order valence-corrected chi connectivity index (χ3v) is 4.99. The van der Waals surface area contributed by atoms with Gasteiger partial charge in [-0.05, 0) is 30.7 Å². The van der Waals surface area contributed by atoms with Gasteiger partial charge in [0.2, 0.25) is 11.8 Å². The zero-order chi connectivity index (χ0) is 18.3. The quantitative estimate of drug-likeness (QED) is 0.675. The van der Waals surface area contributed by atoms with Crippen LogP contribution in [0.15, 0.2) is 54.7 Å². The molecule has 1 unspecified atom stereocenters. The summed E-state index contributed by atoms with van der Waals surface area (Å²) in [6.45, 7) is 2.88. The summed E-state index contributed by atoms with van der Waals surface area (Å²) < 4.78 is 7.34. The number of amides is 2. The van der Waals surface area contributed by atoms with E-state index in [2.05, 4.69) is 11.5 Å². The molecule has 1 aliphatic heterocycles. The topological polar surface area (TPSA) is 51.5 Å². The Morgan fingerprint density at radius 2 is 1.92 bits per heavy atom. The maximum atomic E-state index is 13.1. The molecule has 3 aromatic rings. The fourth-order valence-corrected chi connectivity index (χ4v) is 3.71. The Balaban J connectivity index is 1.76. The van der Waals surface area contributed by atoms with E-state index in [0.717, 1.165) is 23.0 Å². The van der Waals surface area contributed by atoms with Crippen molar-refractivity contribution >= 4 is 28.4 Å². The number of para-hydroxylation sites is 1. The summed E-state index contributed by atoms with van der Waals surface area (Å²) in [6.07, 6.45) is 2.20. The van der Waals surface area contributed by atoms with Crippen LogP contribution >= 0.6 is 0 Å². The van der Waals surface area contributed by atoms with Gasteiger partial charge in [-0.2, -0.15) is 0 Å². The molecule has 2 heterocycles. The number of benzene rings is 2. The number of aryl methyl sites for hydroxylation is 1. The van der Waals surface area contributed by atoms with Gasteiger partial charge in [0.05, 0.1) is 18.7 Å². The van der Waals surface area contributed by atoms with Gasteiger partial charge in [0.15, 0.2) is 0 Å². The molecule has 0 N–H and O–H groups in total. The van der Waals surface area contributed by atoms with Crippen molar-refractivity contribution in [2.75, 3.05) is 12.0 Å². The van der Waals surface area contributed by atoms with Gasteiger partial charge in [-0.15, -0.1) is 0 Å². The van der Waals surface area contributed by atoms with Gasteiger partial charge in [0.25, 0.3) is 0 Å². The number of methoxy groups -OCH3 is 1. The van der Waals surface area contributed by atoms with Crippen LogP contribution in [0, 0.1) is 0 Å². The summed E-state index contributed by atoms with van der Waals surface area (Å²) in [5.74, 6) is -0.190. The number of nitrogens with zero attached hydrogens (tertiary/aromatic N) is 2. The average Bonchev–Trinajstić information content (AvgIpc) is 3.18. The molecule has 1 fully saturated rings. The number of fused-ring (bicyclic) bond motifs is 1. The van der Waals surface area contributed by atoms with Crippen LogP contribution in [0.25, 0.3) is 10.9 Å². The fraction of sp³-hybridized carbons (Fsp3) is 0.238. The molecule has 0 spiro atoms. The maximum Gasteiger partial charge on any atom is 0.241 e. The van der Waals surface area contributed by atoms with Crippen molar-refractivity contribution in [3.8, 4) is 5.75 Å². The Hall–Kier alpha value is -3.08. The first-order valence-corrected chi connectivity index (χ1v) is 8.72. The molecular formula is C21H20N2O3. The standard InChI is InChI=1S/C21H20N2O3/c1-3-22-13-18(16-9-4-5-10-19(16)22)17-12-20(24)23(21(17)25)14-7-6-8-15(11-14)26-2/h4-11,13,17H,3,12H2,1-2H3. The molecule has 5 heteroatoms. The zero-order valence-electron chi connectivity index (χ0n) is 14.8. The van der Waals surface area contributed by atoms with Gasteiger partial charge in [0.1, 0.15) is 5.75 Å². The average molecular weight is 348 g/mol. The predicted octanol–water partition coefficient (Wildman–Crippen LogP) is 3.72. The van der Waals surface area contributed by atoms with Crippen LogP contribution in [0.3, 0.4) is 0 Å². The van der Waals surface area contributed by atoms with E-state index in [1.165, 1.54) is 4.90 Å². The highest BCUT2D eigenvalue weighted by molar-refractivity contribution is 6.23. The first-order valence-electron chi connectivity index (χ1n) is 8.72.